The summed E-state index contributed by atoms with van der Waals surface area (Å²) in [4.78, 5) is 37.3. The third kappa shape index (κ3) is 6.73. The second-order valence-corrected chi connectivity index (χ2v) is 8.07. The Hall–Kier alpha value is -4.06. The SMILES string of the molecule is C=C(CO)COC(=O)/C=C/c1ccc(C(=O)C(=C)c2ccc(C(=O)c3ccccc3)cc2)cc1Cl. The maximum atomic E-state index is 12.9. The van der Waals surface area contributed by atoms with E-state index < -0.39 is 5.97 Å². The van der Waals surface area contributed by atoms with Gasteiger partial charge in [0.1, 0.15) is 6.61 Å². The summed E-state index contributed by atoms with van der Waals surface area (Å²) >= 11 is 6.30. The summed E-state index contributed by atoms with van der Waals surface area (Å²) in [7, 11) is 0. The number of rotatable bonds is 10. The first-order chi connectivity index (χ1) is 16.8. The van der Waals surface area contributed by atoms with E-state index >= 15 is 0 Å². The first-order valence-corrected chi connectivity index (χ1v) is 11.0. The summed E-state index contributed by atoms with van der Waals surface area (Å²) in [6, 6.07) is 20.4. The van der Waals surface area contributed by atoms with Crippen molar-refractivity contribution in [2.24, 2.45) is 0 Å². The standard InChI is InChI=1S/C29H23ClO5/c1-19(17-31)18-35-27(32)15-14-22-10-13-25(16-26(22)30)28(33)20(2)21-8-11-24(12-9-21)29(34)23-6-4-3-5-7-23/h3-16,31H,1-2,17-18H2/b15-14+. The van der Waals surface area contributed by atoms with Gasteiger partial charge < -0.3 is 9.84 Å². The molecule has 5 nitrogen and oxygen atoms in total. The molecular formula is C29H23ClO5. The molecule has 0 aliphatic carbocycles. The van der Waals surface area contributed by atoms with Gasteiger partial charge in [-0.05, 0) is 28.8 Å². The minimum absolute atomic E-state index is 0.0790. The van der Waals surface area contributed by atoms with E-state index in [0.717, 1.165) is 0 Å². The molecule has 0 unspecified atom stereocenters. The fourth-order valence-electron chi connectivity index (χ4n) is 3.11. The summed E-state index contributed by atoms with van der Waals surface area (Å²) in [6.07, 6.45) is 2.67. The highest BCUT2D eigenvalue weighted by Crippen LogP contribution is 2.24. The van der Waals surface area contributed by atoms with E-state index in [1.54, 1.807) is 60.7 Å². The number of esters is 1. The Morgan fingerprint density at radius 3 is 2.09 bits per heavy atom. The molecule has 0 aromatic heterocycles. The number of hydrogen-bond acceptors (Lipinski definition) is 5. The molecule has 0 saturated carbocycles. The monoisotopic (exact) mass is 486 g/mol. The lowest BCUT2D eigenvalue weighted by atomic mass is 9.95. The molecule has 0 radical (unpaired) electrons. The van der Waals surface area contributed by atoms with Crippen molar-refractivity contribution in [3.05, 3.63) is 130 Å². The highest BCUT2D eigenvalue weighted by atomic mass is 35.5. The molecule has 3 rings (SSSR count). The Morgan fingerprint density at radius 2 is 1.46 bits per heavy atom. The lowest BCUT2D eigenvalue weighted by Crippen LogP contribution is -2.06. The van der Waals surface area contributed by atoms with Gasteiger partial charge in [0.05, 0.1) is 6.61 Å². The number of hydrogen-bond donors (Lipinski definition) is 1. The van der Waals surface area contributed by atoms with E-state index in [0.29, 0.717) is 33.4 Å². The number of carbonyl (C=O) groups excluding carboxylic acids is 3. The molecule has 0 aliphatic rings. The molecular weight excluding hydrogens is 464 g/mol. The van der Waals surface area contributed by atoms with Gasteiger partial charge in [-0.3, -0.25) is 9.59 Å². The normalized spacial score (nSPS) is 10.7. The molecule has 0 heterocycles. The van der Waals surface area contributed by atoms with Crippen molar-refractivity contribution in [2.75, 3.05) is 13.2 Å². The highest BCUT2D eigenvalue weighted by molar-refractivity contribution is 6.34. The molecule has 0 bridgehead atoms. The molecule has 0 fully saturated rings. The van der Waals surface area contributed by atoms with Crippen molar-refractivity contribution in [1.29, 1.82) is 0 Å². The van der Waals surface area contributed by atoms with Gasteiger partial charge in [0.2, 0.25) is 0 Å². The Labute approximate surface area is 208 Å². The number of aliphatic hydroxyl groups excluding tert-OH is 1. The Balaban J connectivity index is 1.68. The van der Waals surface area contributed by atoms with E-state index in [1.165, 1.54) is 18.2 Å². The van der Waals surface area contributed by atoms with Crippen molar-refractivity contribution in [3.63, 3.8) is 0 Å². The van der Waals surface area contributed by atoms with Gasteiger partial charge >= 0.3 is 5.97 Å². The predicted octanol–water partition coefficient (Wildman–Crippen LogP) is 5.57. The molecule has 0 amide bonds. The van der Waals surface area contributed by atoms with Crippen LogP contribution in [0.15, 0.2) is 97.6 Å². The van der Waals surface area contributed by atoms with Crippen molar-refractivity contribution in [2.45, 2.75) is 0 Å². The van der Waals surface area contributed by atoms with Crippen molar-refractivity contribution < 1.29 is 24.2 Å². The lowest BCUT2D eigenvalue weighted by Gasteiger charge is -2.08. The summed E-state index contributed by atoms with van der Waals surface area (Å²) in [6.45, 7) is 7.10. The second-order valence-electron chi connectivity index (χ2n) is 7.67. The van der Waals surface area contributed by atoms with Crippen LogP contribution >= 0.6 is 11.6 Å². The molecule has 0 aliphatic heterocycles. The predicted molar refractivity (Wildman–Crippen MR) is 137 cm³/mol. The fourth-order valence-corrected chi connectivity index (χ4v) is 3.36. The first kappa shape index (κ1) is 25.6. The summed E-state index contributed by atoms with van der Waals surface area (Å²) in [5.41, 5.74) is 3.19. The summed E-state index contributed by atoms with van der Waals surface area (Å²) in [5, 5.41) is 9.15. The molecule has 1 N–H and O–H groups in total. The minimum Gasteiger partial charge on any atom is -0.458 e. The molecule has 3 aromatic rings. The quantitative estimate of drug-likeness (QED) is 0.175. The van der Waals surface area contributed by atoms with E-state index in [4.69, 9.17) is 21.4 Å². The Kier molecular flexibility index (Phi) is 8.68. The van der Waals surface area contributed by atoms with Gasteiger partial charge in [-0.1, -0.05) is 91.5 Å². The van der Waals surface area contributed by atoms with Crippen molar-refractivity contribution in [1.82, 2.24) is 0 Å². The molecule has 0 atom stereocenters. The van der Waals surface area contributed by atoms with Gasteiger partial charge in [-0.15, -0.1) is 0 Å². The van der Waals surface area contributed by atoms with Gasteiger partial charge in [0.25, 0.3) is 0 Å². The van der Waals surface area contributed by atoms with E-state index in [9.17, 15) is 14.4 Å². The van der Waals surface area contributed by atoms with E-state index in [1.807, 2.05) is 6.07 Å². The molecule has 3 aromatic carbocycles. The first-order valence-electron chi connectivity index (χ1n) is 10.7. The number of benzene rings is 3. The number of Topliss-reactive ketones (excluding diaryl/α,β-unsaturated/α-hetero) is 1. The average Bonchev–Trinajstić information content (AvgIpc) is 2.90. The number of halogens is 1. The topological polar surface area (TPSA) is 80.7 Å². The van der Waals surface area contributed by atoms with Crippen LogP contribution in [-0.2, 0) is 9.53 Å². The fraction of sp³-hybridized carbons (Fsp3) is 0.0690. The van der Waals surface area contributed by atoms with Crippen LogP contribution in [0.25, 0.3) is 11.6 Å². The average molecular weight is 487 g/mol. The van der Waals surface area contributed by atoms with Crippen LogP contribution in [0.2, 0.25) is 5.02 Å². The maximum absolute atomic E-state index is 12.9. The molecule has 35 heavy (non-hydrogen) atoms. The number of ketones is 2. The van der Waals surface area contributed by atoms with Gasteiger partial charge in [-0.25, -0.2) is 4.79 Å². The van der Waals surface area contributed by atoms with E-state index in [2.05, 4.69) is 13.2 Å². The van der Waals surface area contributed by atoms with Gasteiger partial charge in [0, 0.05) is 33.4 Å². The van der Waals surface area contributed by atoms with Gasteiger partial charge in [0.15, 0.2) is 11.6 Å². The largest absolute Gasteiger partial charge is 0.458 e. The minimum atomic E-state index is -0.613. The Morgan fingerprint density at radius 1 is 0.857 bits per heavy atom. The molecule has 0 spiro atoms. The van der Waals surface area contributed by atoms with Crippen LogP contribution in [0.1, 0.15) is 37.4 Å². The third-order valence-corrected chi connectivity index (χ3v) is 5.44. The number of carbonyl (C=O) groups is 3. The van der Waals surface area contributed by atoms with Gasteiger partial charge in [-0.2, -0.15) is 0 Å². The number of aliphatic hydroxyl groups is 1. The lowest BCUT2D eigenvalue weighted by molar-refractivity contribution is -0.136. The second kappa shape index (κ2) is 11.9. The van der Waals surface area contributed by atoms with Crippen molar-refractivity contribution >= 4 is 40.8 Å². The number of allylic oxidation sites excluding steroid dienone is 1. The smallest absolute Gasteiger partial charge is 0.331 e. The van der Waals surface area contributed by atoms with Crippen LogP contribution in [-0.4, -0.2) is 35.9 Å². The zero-order chi connectivity index (χ0) is 25.4. The molecule has 176 valence electrons. The van der Waals surface area contributed by atoms with E-state index in [-0.39, 0.29) is 35.4 Å². The van der Waals surface area contributed by atoms with Crippen LogP contribution in [0.4, 0.5) is 0 Å². The van der Waals surface area contributed by atoms with Crippen LogP contribution in [0.5, 0.6) is 0 Å². The third-order valence-electron chi connectivity index (χ3n) is 5.11. The zero-order valence-corrected chi connectivity index (χ0v) is 19.6. The summed E-state index contributed by atoms with van der Waals surface area (Å²) < 4.78 is 4.93. The van der Waals surface area contributed by atoms with Crippen LogP contribution in [0, 0.1) is 0 Å². The molecule has 6 heteroatoms. The maximum Gasteiger partial charge on any atom is 0.331 e. The van der Waals surface area contributed by atoms with Crippen molar-refractivity contribution in [3.8, 4) is 0 Å². The summed E-state index contributed by atoms with van der Waals surface area (Å²) in [5.74, 6) is -1.03. The zero-order valence-electron chi connectivity index (χ0n) is 18.9. The highest BCUT2D eigenvalue weighted by Gasteiger charge is 2.15. The Bertz CT molecular complexity index is 1300. The van der Waals surface area contributed by atoms with Crippen LogP contribution in [0.3, 0.4) is 0 Å². The number of ether oxygens (including phenoxy) is 1. The molecule has 0 saturated heterocycles. The van der Waals surface area contributed by atoms with Crippen LogP contribution < -0.4 is 0 Å².